The standard InChI is InChI=1S/C42H54N2O4/c1-3-5-7-9-11-12-14-20-32-44-36-26-16-18-28-38(36)48-40(44)30-22-24-34-41(45)33(42(34)46)23-21-29-39-43(31-19-13-10-8-6-4-2)35-25-15-17-27-37(35)47-39/h15-18,21-30,40,45H,3-14,19-20,31-32H2,1-2H3/b23-21+,30-22+,34-24?,39-29+. The average molecular weight is 651 g/mol. The number of hydrogen-bond acceptors (Lipinski definition) is 6. The number of Topliss-reactive ketones (excluding diaryl/α,β-unsaturated/α-hetero) is 1. The normalized spacial score (nSPS) is 18.7. The summed E-state index contributed by atoms with van der Waals surface area (Å²) < 4.78 is 12.4. The van der Waals surface area contributed by atoms with Gasteiger partial charge in [-0.15, -0.1) is 0 Å². The van der Waals surface area contributed by atoms with Crippen molar-refractivity contribution in [3.05, 3.63) is 108 Å². The monoisotopic (exact) mass is 650 g/mol. The van der Waals surface area contributed by atoms with Crippen molar-refractivity contribution >= 4 is 17.2 Å². The number of rotatable bonds is 20. The fraction of sp³-hybridized carbons (Fsp3) is 0.452. The van der Waals surface area contributed by atoms with Gasteiger partial charge < -0.3 is 24.4 Å². The Bertz CT molecular complexity index is 1520. The van der Waals surface area contributed by atoms with Crippen LogP contribution >= 0.6 is 0 Å². The molecule has 5 rings (SSSR count). The maximum atomic E-state index is 13.0. The zero-order chi connectivity index (χ0) is 33.6. The number of benzene rings is 2. The number of carbonyl (C=O) groups excluding carboxylic acids is 1. The van der Waals surface area contributed by atoms with Crippen LogP contribution in [-0.2, 0) is 4.79 Å². The quantitative estimate of drug-likeness (QED) is 0.114. The van der Waals surface area contributed by atoms with Gasteiger partial charge in [-0.2, -0.15) is 0 Å². The minimum atomic E-state index is -0.245. The van der Waals surface area contributed by atoms with Gasteiger partial charge in [-0.3, -0.25) is 4.79 Å². The van der Waals surface area contributed by atoms with Gasteiger partial charge in [-0.1, -0.05) is 127 Å². The van der Waals surface area contributed by atoms with Crippen molar-refractivity contribution in [2.24, 2.45) is 0 Å². The number of carbonyl (C=O) groups is 1. The predicted molar refractivity (Wildman–Crippen MR) is 198 cm³/mol. The van der Waals surface area contributed by atoms with Gasteiger partial charge in [0.2, 0.25) is 11.7 Å². The molecule has 2 heterocycles. The molecule has 0 saturated carbocycles. The second-order valence-electron chi connectivity index (χ2n) is 13.1. The van der Waals surface area contributed by atoms with E-state index in [1.165, 1.54) is 77.0 Å². The molecule has 1 N–H and O–H groups in total. The van der Waals surface area contributed by atoms with E-state index in [1.807, 2.05) is 54.6 Å². The highest BCUT2D eigenvalue weighted by Gasteiger charge is 2.32. The zero-order valence-electron chi connectivity index (χ0n) is 29.0. The molecule has 1 aliphatic carbocycles. The minimum Gasteiger partial charge on any atom is -0.506 e. The molecular formula is C42H54N2O4. The lowest BCUT2D eigenvalue weighted by atomic mass is 9.87. The fourth-order valence-electron chi connectivity index (χ4n) is 6.62. The molecule has 0 bridgehead atoms. The third-order valence-electron chi connectivity index (χ3n) is 9.39. The third kappa shape index (κ3) is 9.03. The smallest absolute Gasteiger partial charge is 0.200 e. The molecule has 3 aliphatic rings. The first-order valence-corrected chi connectivity index (χ1v) is 18.4. The van der Waals surface area contributed by atoms with Crippen molar-refractivity contribution in [3.8, 4) is 11.5 Å². The number of ether oxygens (including phenoxy) is 2. The van der Waals surface area contributed by atoms with Crippen LogP contribution in [0.4, 0.5) is 11.4 Å². The van der Waals surface area contributed by atoms with Gasteiger partial charge >= 0.3 is 0 Å². The number of hydrogen-bond donors (Lipinski definition) is 1. The largest absolute Gasteiger partial charge is 0.506 e. The Morgan fingerprint density at radius 2 is 1.31 bits per heavy atom. The number of aliphatic hydroxyl groups is 1. The number of fused-ring (bicyclic) bond motifs is 2. The number of para-hydroxylation sites is 4. The Hall–Kier alpha value is -4.19. The van der Waals surface area contributed by atoms with Crippen molar-refractivity contribution in [2.45, 2.75) is 110 Å². The van der Waals surface area contributed by atoms with E-state index in [2.05, 4.69) is 35.8 Å². The molecular weight excluding hydrogens is 596 g/mol. The molecule has 0 spiro atoms. The van der Waals surface area contributed by atoms with Crippen LogP contribution in [0, 0.1) is 0 Å². The number of unbranched alkanes of at least 4 members (excludes halogenated alkanes) is 12. The third-order valence-corrected chi connectivity index (χ3v) is 9.39. The van der Waals surface area contributed by atoms with Gasteiger partial charge in [0.1, 0.15) is 11.5 Å². The maximum absolute atomic E-state index is 13.0. The van der Waals surface area contributed by atoms with Gasteiger partial charge in [0.05, 0.1) is 22.5 Å². The first-order valence-electron chi connectivity index (χ1n) is 18.4. The van der Waals surface area contributed by atoms with Crippen LogP contribution in [0.2, 0.25) is 0 Å². The van der Waals surface area contributed by atoms with Crippen LogP contribution in [-0.4, -0.2) is 30.2 Å². The van der Waals surface area contributed by atoms with Gasteiger partial charge in [-0.25, -0.2) is 0 Å². The van der Waals surface area contributed by atoms with Crippen LogP contribution in [0.1, 0.15) is 104 Å². The summed E-state index contributed by atoms with van der Waals surface area (Å²) in [6.45, 7) is 6.28. The summed E-state index contributed by atoms with van der Waals surface area (Å²) >= 11 is 0. The van der Waals surface area contributed by atoms with Crippen molar-refractivity contribution < 1.29 is 19.4 Å². The van der Waals surface area contributed by atoms with Crippen molar-refractivity contribution in [2.75, 3.05) is 22.9 Å². The van der Waals surface area contributed by atoms with Crippen molar-refractivity contribution in [1.29, 1.82) is 0 Å². The van der Waals surface area contributed by atoms with Crippen LogP contribution in [0.25, 0.3) is 0 Å². The summed E-state index contributed by atoms with van der Waals surface area (Å²) in [6.07, 6.45) is 28.1. The summed E-state index contributed by atoms with van der Waals surface area (Å²) in [5, 5.41) is 10.8. The Kier molecular flexibility index (Phi) is 13.4. The SMILES string of the molecule is CCCCCCCCCCN1c2ccccc2OC1/C=C/C=C1C(=O)C(/C=C/C=C2/Oc3ccccc3N2CCCCCCCC)=C1O. The molecule has 1 atom stereocenters. The van der Waals surface area contributed by atoms with Gasteiger partial charge in [-0.05, 0) is 61.4 Å². The number of anilines is 2. The van der Waals surface area contributed by atoms with E-state index in [9.17, 15) is 9.90 Å². The van der Waals surface area contributed by atoms with E-state index in [-0.39, 0.29) is 17.8 Å². The Morgan fingerprint density at radius 1 is 0.708 bits per heavy atom. The Balaban J connectivity index is 1.16. The predicted octanol–water partition coefficient (Wildman–Crippen LogP) is 10.9. The average Bonchev–Trinajstić information content (AvgIpc) is 3.64. The number of nitrogens with zero attached hydrogens (tertiary/aromatic N) is 2. The highest BCUT2D eigenvalue weighted by molar-refractivity contribution is 6.20. The molecule has 6 heteroatoms. The number of aliphatic hydroxyl groups excluding tert-OH is 1. The Morgan fingerprint density at radius 3 is 2.00 bits per heavy atom. The fourth-order valence-corrected chi connectivity index (χ4v) is 6.62. The molecule has 0 fully saturated rings. The summed E-state index contributed by atoms with van der Waals surface area (Å²) in [4.78, 5) is 17.5. The van der Waals surface area contributed by atoms with E-state index in [0.29, 0.717) is 11.1 Å². The molecule has 0 amide bonds. The second kappa shape index (κ2) is 18.4. The van der Waals surface area contributed by atoms with Gasteiger partial charge in [0.15, 0.2) is 12.0 Å². The molecule has 256 valence electrons. The molecule has 1 unspecified atom stereocenters. The molecule has 0 saturated heterocycles. The van der Waals surface area contributed by atoms with E-state index in [4.69, 9.17) is 9.47 Å². The lowest BCUT2D eigenvalue weighted by Crippen LogP contribution is -2.33. The van der Waals surface area contributed by atoms with Crippen molar-refractivity contribution in [1.82, 2.24) is 0 Å². The molecule has 0 aromatic heterocycles. The minimum absolute atomic E-state index is 0.0188. The lowest BCUT2D eigenvalue weighted by molar-refractivity contribution is -0.113. The topological polar surface area (TPSA) is 62.2 Å². The first kappa shape index (κ1) is 35.1. The number of allylic oxidation sites excluding steroid dienone is 7. The van der Waals surface area contributed by atoms with Crippen LogP contribution in [0.5, 0.6) is 11.5 Å². The van der Waals surface area contributed by atoms with Crippen LogP contribution in [0.3, 0.4) is 0 Å². The maximum Gasteiger partial charge on any atom is 0.200 e. The summed E-state index contributed by atoms with van der Waals surface area (Å²) in [5.41, 5.74) is 2.80. The van der Waals surface area contributed by atoms with E-state index < -0.39 is 0 Å². The lowest BCUT2D eigenvalue weighted by Gasteiger charge is -2.23. The second-order valence-corrected chi connectivity index (χ2v) is 13.1. The van der Waals surface area contributed by atoms with Crippen LogP contribution in [0.15, 0.2) is 108 Å². The van der Waals surface area contributed by atoms with E-state index >= 15 is 0 Å². The summed E-state index contributed by atoms with van der Waals surface area (Å²) in [5.74, 6) is 2.31. The zero-order valence-corrected chi connectivity index (χ0v) is 29.0. The highest BCUT2D eigenvalue weighted by atomic mass is 16.5. The summed E-state index contributed by atoms with van der Waals surface area (Å²) in [7, 11) is 0. The van der Waals surface area contributed by atoms with Gasteiger partial charge in [0, 0.05) is 13.1 Å². The molecule has 2 aromatic rings. The molecule has 2 aromatic carbocycles. The number of ketones is 1. The molecule has 48 heavy (non-hydrogen) atoms. The molecule has 0 radical (unpaired) electrons. The first-order chi connectivity index (χ1) is 23.6. The van der Waals surface area contributed by atoms with Crippen LogP contribution < -0.4 is 19.3 Å². The van der Waals surface area contributed by atoms with Gasteiger partial charge in [0.25, 0.3) is 0 Å². The highest BCUT2D eigenvalue weighted by Crippen LogP contribution is 2.40. The van der Waals surface area contributed by atoms with E-state index in [1.54, 1.807) is 18.2 Å². The Labute approximate surface area is 288 Å². The molecule has 2 aliphatic heterocycles. The summed E-state index contributed by atoms with van der Waals surface area (Å²) in [6, 6.07) is 16.2. The molecule has 6 nitrogen and oxygen atoms in total. The van der Waals surface area contributed by atoms with E-state index in [0.717, 1.165) is 54.7 Å². The van der Waals surface area contributed by atoms with Crippen molar-refractivity contribution in [3.63, 3.8) is 0 Å².